The molecule has 0 unspecified atom stereocenters. The van der Waals surface area contributed by atoms with Crippen LogP contribution in [0, 0.1) is 0 Å². The Hall–Kier alpha value is -3.28. The second-order valence-electron chi connectivity index (χ2n) is 5.23. The molecule has 0 fully saturated rings. The minimum Gasteiger partial charge on any atom is -0.326 e. The third-order valence-corrected chi connectivity index (χ3v) is 3.48. The average Bonchev–Trinajstić information content (AvgIpc) is 3.14. The first kappa shape index (κ1) is 15.6. The molecule has 0 radical (unpaired) electrons. The van der Waals surface area contributed by atoms with E-state index in [-0.39, 0.29) is 18.1 Å². The van der Waals surface area contributed by atoms with Crippen LogP contribution in [-0.4, -0.2) is 26.5 Å². The van der Waals surface area contributed by atoms with Gasteiger partial charge in [-0.15, -0.1) is 0 Å². The smallest absolute Gasteiger partial charge is 0.226 e. The number of rotatable bonds is 6. The Labute approximate surface area is 139 Å². The number of hydrogen-bond acceptors (Lipinski definition) is 4. The summed E-state index contributed by atoms with van der Waals surface area (Å²) < 4.78 is 1.59. The standard InChI is InChI=1S/C18H16N4O2/c23-17(9-10-22-13-19-12-20-22)21-16-8-4-7-15(11-16)18(24)14-5-2-1-3-6-14/h1-8,11-13H,9-10H2,(H,21,23). The highest BCUT2D eigenvalue weighted by molar-refractivity contribution is 6.09. The van der Waals surface area contributed by atoms with Gasteiger partial charge in [-0.25, -0.2) is 4.98 Å². The lowest BCUT2D eigenvalue weighted by molar-refractivity contribution is -0.116. The SMILES string of the molecule is O=C(CCn1cncn1)Nc1cccc(C(=O)c2ccccc2)c1. The van der Waals surface area contributed by atoms with E-state index in [2.05, 4.69) is 15.4 Å². The van der Waals surface area contributed by atoms with Crippen molar-refractivity contribution in [3.8, 4) is 0 Å². The number of ketones is 1. The number of nitrogens with one attached hydrogen (secondary N) is 1. The van der Waals surface area contributed by atoms with Gasteiger partial charge in [-0.2, -0.15) is 5.10 Å². The van der Waals surface area contributed by atoms with E-state index in [9.17, 15) is 9.59 Å². The molecule has 0 aliphatic heterocycles. The van der Waals surface area contributed by atoms with Crippen LogP contribution < -0.4 is 5.32 Å². The first-order chi connectivity index (χ1) is 11.7. The van der Waals surface area contributed by atoms with Gasteiger partial charge in [-0.1, -0.05) is 42.5 Å². The van der Waals surface area contributed by atoms with E-state index in [0.717, 1.165) is 0 Å². The molecule has 6 heteroatoms. The van der Waals surface area contributed by atoms with Gasteiger partial charge < -0.3 is 5.32 Å². The van der Waals surface area contributed by atoms with Crippen LogP contribution in [0.5, 0.6) is 0 Å². The number of anilines is 1. The van der Waals surface area contributed by atoms with Crippen LogP contribution in [0.25, 0.3) is 0 Å². The molecule has 1 amide bonds. The molecule has 0 aliphatic carbocycles. The summed E-state index contributed by atoms with van der Waals surface area (Å²) in [6.45, 7) is 0.453. The zero-order chi connectivity index (χ0) is 16.8. The molecule has 0 saturated carbocycles. The quantitative estimate of drug-likeness (QED) is 0.708. The van der Waals surface area contributed by atoms with Crippen LogP contribution in [0.15, 0.2) is 67.3 Å². The van der Waals surface area contributed by atoms with Gasteiger partial charge in [0.1, 0.15) is 12.7 Å². The van der Waals surface area contributed by atoms with Gasteiger partial charge in [0.25, 0.3) is 0 Å². The van der Waals surface area contributed by atoms with Crippen molar-refractivity contribution >= 4 is 17.4 Å². The fourth-order valence-electron chi connectivity index (χ4n) is 2.28. The minimum atomic E-state index is -0.144. The van der Waals surface area contributed by atoms with Crippen LogP contribution in [0.3, 0.4) is 0 Å². The number of carbonyl (C=O) groups is 2. The number of aromatic nitrogens is 3. The number of benzene rings is 2. The highest BCUT2D eigenvalue weighted by atomic mass is 16.1. The van der Waals surface area contributed by atoms with Crippen molar-refractivity contribution in [2.24, 2.45) is 0 Å². The van der Waals surface area contributed by atoms with Crippen molar-refractivity contribution in [2.45, 2.75) is 13.0 Å². The molecular formula is C18H16N4O2. The predicted octanol–water partition coefficient (Wildman–Crippen LogP) is 2.54. The van der Waals surface area contributed by atoms with E-state index in [1.807, 2.05) is 18.2 Å². The summed E-state index contributed by atoms with van der Waals surface area (Å²) in [5.74, 6) is -0.218. The molecule has 0 atom stereocenters. The van der Waals surface area contributed by atoms with Crippen LogP contribution in [0.2, 0.25) is 0 Å². The van der Waals surface area contributed by atoms with Crippen molar-refractivity contribution in [1.29, 1.82) is 0 Å². The second-order valence-corrected chi connectivity index (χ2v) is 5.23. The normalized spacial score (nSPS) is 10.3. The summed E-state index contributed by atoms with van der Waals surface area (Å²) in [6, 6.07) is 16.0. The largest absolute Gasteiger partial charge is 0.326 e. The maximum atomic E-state index is 12.4. The fourth-order valence-corrected chi connectivity index (χ4v) is 2.28. The molecule has 3 rings (SSSR count). The summed E-state index contributed by atoms with van der Waals surface area (Å²) in [6.07, 6.45) is 3.27. The molecule has 1 N–H and O–H groups in total. The number of aryl methyl sites for hydroxylation is 1. The monoisotopic (exact) mass is 320 g/mol. The van der Waals surface area contributed by atoms with Gasteiger partial charge in [-0.3, -0.25) is 14.3 Å². The first-order valence-electron chi connectivity index (χ1n) is 7.54. The Morgan fingerprint density at radius 1 is 1.00 bits per heavy atom. The van der Waals surface area contributed by atoms with E-state index >= 15 is 0 Å². The molecule has 1 aromatic heterocycles. The zero-order valence-corrected chi connectivity index (χ0v) is 12.9. The van der Waals surface area contributed by atoms with Crippen molar-refractivity contribution < 1.29 is 9.59 Å². The van der Waals surface area contributed by atoms with Crippen molar-refractivity contribution in [2.75, 3.05) is 5.32 Å². The maximum absolute atomic E-state index is 12.4. The Kier molecular flexibility index (Phi) is 4.76. The molecule has 120 valence electrons. The Bertz CT molecular complexity index is 829. The van der Waals surface area contributed by atoms with Gasteiger partial charge >= 0.3 is 0 Å². The lowest BCUT2D eigenvalue weighted by Gasteiger charge is -2.07. The molecule has 1 heterocycles. The molecule has 0 aliphatic rings. The van der Waals surface area contributed by atoms with E-state index in [1.165, 1.54) is 6.33 Å². The molecule has 2 aromatic carbocycles. The average molecular weight is 320 g/mol. The fraction of sp³-hybridized carbons (Fsp3) is 0.111. The summed E-state index contributed by atoms with van der Waals surface area (Å²) in [4.78, 5) is 28.3. The summed E-state index contributed by atoms with van der Waals surface area (Å²) in [7, 11) is 0. The molecule has 6 nitrogen and oxygen atoms in total. The Morgan fingerprint density at radius 2 is 1.79 bits per heavy atom. The molecule has 24 heavy (non-hydrogen) atoms. The first-order valence-corrected chi connectivity index (χ1v) is 7.54. The number of nitrogens with zero attached hydrogens (tertiary/aromatic N) is 3. The van der Waals surface area contributed by atoms with Crippen LogP contribution in [0.4, 0.5) is 5.69 Å². The van der Waals surface area contributed by atoms with Crippen molar-refractivity contribution in [1.82, 2.24) is 14.8 Å². The highest BCUT2D eigenvalue weighted by Crippen LogP contribution is 2.15. The third-order valence-electron chi connectivity index (χ3n) is 3.48. The molecule has 0 saturated heterocycles. The van der Waals surface area contributed by atoms with Gasteiger partial charge in [0, 0.05) is 23.2 Å². The van der Waals surface area contributed by atoms with E-state index in [0.29, 0.717) is 23.4 Å². The molecule has 3 aromatic rings. The van der Waals surface area contributed by atoms with E-state index in [1.54, 1.807) is 47.4 Å². The number of carbonyl (C=O) groups excluding carboxylic acids is 2. The third kappa shape index (κ3) is 3.92. The van der Waals surface area contributed by atoms with Gasteiger partial charge in [0.15, 0.2) is 5.78 Å². The topological polar surface area (TPSA) is 76.9 Å². The van der Waals surface area contributed by atoms with Crippen molar-refractivity contribution in [3.05, 3.63) is 78.4 Å². The zero-order valence-electron chi connectivity index (χ0n) is 12.9. The molecule has 0 spiro atoms. The van der Waals surface area contributed by atoms with Crippen LogP contribution in [-0.2, 0) is 11.3 Å². The predicted molar refractivity (Wildman–Crippen MR) is 89.6 cm³/mol. The van der Waals surface area contributed by atoms with Crippen LogP contribution >= 0.6 is 0 Å². The molecule has 0 bridgehead atoms. The Balaban J connectivity index is 1.64. The van der Waals surface area contributed by atoms with E-state index < -0.39 is 0 Å². The summed E-state index contributed by atoms with van der Waals surface area (Å²) in [5, 5.41) is 6.75. The van der Waals surface area contributed by atoms with Gasteiger partial charge in [-0.05, 0) is 12.1 Å². The molecular weight excluding hydrogens is 304 g/mol. The van der Waals surface area contributed by atoms with E-state index in [4.69, 9.17) is 0 Å². The summed E-state index contributed by atoms with van der Waals surface area (Å²) in [5.41, 5.74) is 1.75. The van der Waals surface area contributed by atoms with Crippen molar-refractivity contribution in [3.63, 3.8) is 0 Å². The highest BCUT2D eigenvalue weighted by Gasteiger charge is 2.10. The minimum absolute atomic E-state index is 0.0747. The lowest BCUT2D eigenvalue weighted by atomic mass is 10.0. The van der Waals surface area contributed by atoms with Gasteiger partial charge in [0.05, 0.1) is 6.54 Å². The number of hydrogen-bond donors (Lipinski definition) is 1. The lowest BCUT2D eigenvalue weighted by Crippen LogP contribution is -2.15. The number of amides is 1. The Morgan fingerprint density at radius 3 is 2.54 bits per heavy atom. The summed E-state index contributed by atoms with van der Waals surface area (Å²) >= 11 is 0. The maximum Gasteiger partial charge on any atom is 0.226 e. The van der Waals surface area contributed by atoms with Crippen LogP contribution in [0.1, 0.15) is 22.3 Å². The van der Waals surface area contributed by atoms with Gasteiger partial charge in [0.2, 0.25) is 5.91 Å². The second kappa shape index (κ2) is 7.32.